The average Bonchev–Trinajstić information content (AvgIpc) is 2.10. The van der Waals surface area contributed by atoms with E-state index < -0.39 is 0 Å². The summed E-state index contributed by atoms with van der Waals surface area (Å²) in [6.45, 7) is 4.05. The zero-order valence-corrected chi connectivity index (χ0v) is 7.79. The number of benzene rings is 1. The molecule has 12 heavy (non-hydrogen) atoms. The number of rotatable bonds is 2. The molecule has 1 nitrogen and oxygen atoms in total. The SMILES string of the molecule is C/C=C(\OC)c1ccc(C)cc1. The first-order chi connectivity index (χ1) is 5.77. The van der Waals surface area contributed by atoms with Crippen LogP contribution in [0.4, 0.5) is 0 Å². The fourth-order valence-corrected chi connectivity index (χ4v) is 1.12. The Balaban J connectivity index is 2.96. The zero-order valence-electron chi connectivity index (χ0n) is 7.79. The molecule has 1 aromatic carbocycles. The smallest absolute Gasteiger partial charge is 0.121 e. The average molecular weight is 162 g/mol. The van der Waals surface area contributed by atoms with Crippen molar-refractivity contribution in [2.75, 3.05) is 7.11 Å². The van der Waals surface area contributed by atoms with Gasteiger partial charge in [0.1, 0.15) is 5.76 Å². The molecule has 0 spiro atoms. The van der Waals surface area contributed by atoms with Crippen molar-refractivity contribution in [3.8, 4) is 0 Å². The molecule has 0 radical (unpaired) electrons. The minimum atomic E-state index is 0.926. The van der Waals surface area contributed by atoms with Crippen LogP contribution in [0.2, 0.25) is 0 Å². The molecular formula is C11H14O. The third-order valence-corrected chi connectivity index (χ3v) is 1.82. The number of allylic oxidation sites excluding steroid dienone is 1. The van der Waals surface area contributed by atoms with E-state index in [2.05, 4.69) is 31.2 Å². The Hall–Kier alpha value is -1.24. The van der Waals surface area contributed by atoms with Crippen molar-refractivity contribution >= 4 is 5.76 Å². The number of hydrogen-bond donors (Lipinski definition) is 0. The quantitative estimate of drug-likeness (QED) is 0.607. The van der Waals surface area contributed by atoms with Gasteiger partial charge in [0.15, 0.2) is 0 Å². The molecule has 1 heteroatoms. The van der Waals surface area contributed by atoms with E-state index >= 15 is 0 Å². The molecule has 0 aliphatic rings. The predicted molar refractivity (Wildman–Crippen MR) is 51.8 cm³/mol. The molecule has 0 saturated carbocycles. The maximum Gasteiger partial charge on any atom is 0.121 e. The first-order valence-corrected chi connectivity index (χ1v) is 4.05. The number of hydrogen-bond acceptors (Lipinski definition) is 1. The molecule has 0 unspecified atom stereocenters. The topological polar surface area (TPSA) is 9.23 Å². The minimum absolute atomic E-state index is 0.926. The van der Waals surface area contributed by atoms with Crippen LogP contribution in [0.25, 0.3) is 5.76 Å². The molecule has 0 aliphatic carbocycles. The first kappa shape index (κ1) is 8.85. The largest absolute Gasteiger partial charge is 0.496 e. The molecule has 0 heterocycles. The third kappa shape index (κ3) is 1.88. The predicted octanol–water partition coefficient (Wildman–Crippen LogP) is 3.00. The van der Waals surface area contributed by atoms with E-state index in [0.29, 0.717) is 0 Å². The fourth-order valence-electron chi connectivity index (χ4n) is 1.12. The molecule has 1 aromatic rings. The monoisotopic (exact) mass is 162 g/mol. The molecular weight excluding hydrogens is 148 g/mol. The van der Waals surface area contributed by atoms with Crippen LogP contribution in [-0.4, -0.2) is 7.11 Å². The summed E-state index contributed by atoms with van der Waals surface area (Å²) in [5.41, 5.74) is 2.40. The van der Waals surface area contributed by atoms with E-state index in [-0.39, 0.29) is 0 Å². The second-order valence-corrected chi connectivity index (χ2v) is 2.72. The molecule has 0 aromatic heterocycles. The summed E-state index contributed by atoms with van der Waals surface area (Å²) < 4.78 is 5.19. The van der Waals surface area contributed by atoms with Gasteiger partial charge < -0.3 is 4.74 Å². The summed E-state index contributed by atoms with van der Waals surface area (Å²) in [5.74, 6) is 0.926. The molecule has 0 aliphatic heterocycles. The van der Waals surface area contributed by atoms with Crippen molar-refractivity contribution in [2.45, 2.75) is 13.8 Å². The lowest BCUT2D eigenvalue weighted by atomic mass is 10.1. The van der Waals surface area contributed by atoms with Crippen LogP contribution >= 0.6 is 0 Å². The van der Waals surface area contributed by atoms with Gasteiger partial charge in [-0.2, -0.15) is 0 Å². The molecule has 0 N–H and O–H groups in total. The van der Waals surface area contributed by atoms with Crippen LogP contribution in [0.15, 0.2) is 30.3 Å². The van der Waals surface area contributed by atoms with Gasteiger partial charge in [0.25, 0.3) is 0 Å². The standard InChI is InChI=1S/C11H14O/c1-4-11(12-3)10-7-5-9(2)6-8-10/h4-8H,1-3H3/b11-4-. The fraction of sp³-hybridized carbons (Fsp3) is 0.273. The van der Waals surface area contributed by atoms with E-state index in [9.17, 15) is 0 Å². The Morgan fingerprint density at radius 1 is 1.25 bits per heavy atom. The van der Waals surface area contributed by atoms with Gasteiger partial charge in [-0.15, -0.1) is 0 Å². The minimum Gasteiger partial charge on any atom is -0.496 e. The summed E-state index contributed by atoms with van der Waals surface area (Å²) in [5, 5.41) is 0. The van der Waals surface area contributed by atoms with Crippen LogP contribution in [-0.2, 0) is 4.74 Å². The van der Waals surface area contributed by atoms with Crippen molar-refractivity contribution in [1.29, 1.82) is 0 Å². The highest BCUT2D eigenvalue weighted by Crippen LogP contribution is 2.14. The van der Waals surface area contributed by atoms with E-state index in [1.54, 1.807) is 7.11 Å². The van der Waals surface area contributed by atoms with Crippen LogP contribution in [0, 0.1) is 6.92 Å². The van der Waals surface area contributed by atoms with Crippen LogP contribution in [0.5, 0.6) is 0 Å². The summed E-state index contributed by atoms with van der Waals surface area (Å²) in [7, 11) is 1.69. The number of ether oxygens (including phenoxy) is 1. The summed E-state index contributed by atoms with van der Waals surface area (Å²) in [4.78, 5) is 0. The van der Waals surface area contributed by atoms with Crippen LogP contribution in [0.3, 0.4) is 0 Å². The Kier molecular flexibility index (Phi) is 2.92. The normalized spacial score (nSPS) is 11.4. The van der Waals surface area contributed by atoms with E-state index in [0.717, 1.165) is 11.3 Å². The summed E-state index contributed by atoms with van der Waals surface area (Å²) in [6, 6.07) is 8.29. The van der Waals surface area contributed by atoms with E-state index in [4.69, 9.17) is 4.74 Å². The lowest BCUT2D eigenvalue weighted by Crippen LogP contribution is -1.86. The van der Waals surface area contributed by atoms with Gasteiger partial charge >= 0.3 is 0 Å². The molecule has 0 bridgehead atoms. The second kappa shape index (κ2) is 3.96. The van der Waals surface area contributed by atoms with Gasteiger partial charge in [-0.1, -0.05) is 29.8 Å². The van der Waals surface area contributed by atoms with Gasteiger partial charge in [0.2, 0.25) is 0 Å². The highest BCUT2D eigenvalue weighted by molar-refractivity contribution is 5.59. The summed E-state index contributed by atoms with van der Waals surface area (Å²) in [6.07, 6.45) is 1.96. The molecule has 0 fully saturated rings. The zero-order chi connectivity index (χ0) is 8.97. The number of methoxy groups -OCH3 is 1. The van der Waals surface area contributed by atoms with Gasteiger partial charge in [-0.3, -0.25) is 0 Å². The molecule has 1 rings (SSSR count). The Morgan fingerprint density at radius 2 is 1.83 bits per heavy atom. The maximum absolute atomic E-state index is 5.19. The second-order valence-electron chi connectivity index (χ2n) is 2.72. The van der Waals surface area contributed by atoms with E-state index in [1.807, 2.05) is 13.0 Å². The van der Waals surface area contributed by atoms with Crippen molar-refractivity contribution < 1.29 is 4.74 Å². The first-order valence-electron chi connectivity index (χ1n) is 4.05. The van der Waals surface area contributed by atoms with Gasteiger partial charge in [0, 0.05) is 5.56 Å². The summed E-state index contributed by atoms with van der Waals surface area (Å²) >= 11 is 0. The molecule has 0 atom stereocenters. The molecule has 64 valence electrons. The maximum atomic E-state index is 5.19. The third-order valence-electron chi connectivity index (χ3n) is 1.82. The highest BCUT2D eigenvalue weighted by Gasteiger charge is 1.97. The highest BCUT2D eigenvalue weighted by atomic mass is 16.5. The van der Waals surface area contributed by atoms with Gasteiger partial charge in [-0.05, 0) is 19.9 Å². The Bertz CT molecular complexity index is 270. The number of aryl methyl sites for hydroxylation is 1. The van der Waals surface area contributed by atoms with Crippen molar-refractivity contribution in [3.63, 3.8) is 0 Å². The lowest BCUT2D eigenvalue weighted by Gasteiger charge is -2.05. The van der Waals surface area contributed by atoms with Crippen molar-refractivity contribution in [3.05, 3.63) is 41.5 Å². The molecule has 0 saturated heterocycles. The van der Waals surface area contributed by atoms with Crippen molar-refractivity contribution in [1.82, 2.24) is 0 Å². The van der Waals surface area contributed by atoms with Crippen LogP contribution < -0.4 is 0 Å². The van der Waals surface area contributed by atoms with Gasteiger partial charge in [0.05, 0.1) is 7.11 Å². The van der Waals surface area contributed by atoms with Crippen molar-refractivity contribution in [2.24, 2.45) is 0 Å². The van der Waals surface area contributed by atoms with Crippen LogP contribution in [0.1, 0.15) is 18.1 Å². The Morgan fingerprint density at radius 3 is 2.25 bits per heavy atom. The molecule has 0 amide bonds. The van der Waals surface area contributed by atoms with E-state index in [1.165, 1.54) is 5.56 Å². The lowest BCUT2D eigenvalue weighted by molar-refractivity contribution is 0.369. The van der Waals surface area contributed by atoms with Gasteiger partial charge in [-0.25, -0.2) is 0 Å². The Labute approximate surface area is 73.7 Å².